The highest BCUT2D eigenvalue weighted by molar-refractivity contribution is 5.33. The molecule has 186 valence electrons. The maximum Gasteiger partial charge on any atom is 0.200 e. The van der Waals surface area contributed by atoms with Gasteiger partial charge in [0.05, 0.1) is 13.2 Å². The van der Waals surface area contributed by atoms with Crippen molar-refractivity contribution < 1.29 is 22.6 Å². The molecule has 2 saturated carbocycles. The van der Waals surface area contributed by atoms with Gasteiger partial charge in [-0.15, -0.1) is 0 Å². The van der Waals surface area contributed by atoms with Crippen molar-refractivity contribution >= 4 is 0 Å². The van der Waals surface area contributed by atoms with Gasteiger partial charge in [-0.2, -0.15) is 4.39 Å². The Morgan fingerprint density at radius 2 is 1.44 bits per heavy atom. The van der Waals surface area contributed by atoms with E-state index in [0.717, 1.165) is 62.5 Å². The molecule has 0 aliphatic heterocycles. The number of ether oxygens (including phenoxy) is 2. The highest BCUT2D eigenvalue weighted by Gasteiger charge is 2.27. The van der Waals surface area contributed by atoms with Crippen molar-refractivity contribution in [3.8, 4) is 5.75 Å². The van der Waals surface area contributed by atoms with Crippen LogP contribution >= 0.6 is 0 Å². The molecular weight excluding hydrogens is 437 g/mol. The molecule has 2 aliphatic carbocycles. The second kappa shape index (κ2) is 11.6. The van der Waals surface area contributed by atoms with Gasteiger partial charge in [0.15, 0.2) is 11.6 Å². The van der Waals surface area contributed by atoms with Gasteiger partial charge in [0.25, 0.3) is 0 Å². The first kappa shape index (κ1) is 25.1. The van der Waals surface area contributed by atoms with Crippen LogP contribution in [0.3, 0.4) is 0 Å². The molecule has 5 heteroatoms. The van der Waals surface area contributed by atoms with E-state index in [1.165, 1.54) is 0 Å². The van der Waals surface area contributed by atoms with Crippen LogP contribution in [0.25, 0.3) is 0 Å². The van der Waals surface area contributed by atoms with Crippen LogP contribution in [0.1, 0.15) is 93.7 Å². The Kier molecular flexibility index (Phi) is 8.57. The highest BCUT2D eigenvalue weighted by Crippen LogP contribution is 2.40. The molecule has 2 nitrogen and oxygen atoms in total. The highest BCUT2D eigenvalue weighted by atomic mass is 19.2. The van der Waals surface area contributed by atoms with Crippen molar-refractivity contribution in [2.24, 2.45) is 11.8 Å². The molecule has 0 heterocycles. The van der Waals surface area contributed by atoms with E-state index in [1.807, 2.05) is 19.1 Å². The van der Waals surface area contributed by atoms with Crippen molar-refractivity contribution in [3.05, 3.63) is 64.5 Å². The van der Waals surface area contributed by atoms with E-state index >= 15 is 0 Å². The van der Waals surface area contributed by atoms with Gasteiger partial charge >= 0.3 is 0 Å². The summed E-state index contributed by atoms with van der Waals surface area (Å²) in [6.45, 7) is 5.53. The molecule has 0 unspecified atom stereocenters. The zero-order valence-electron chi connectivity index (χ0n) is 20.4. The minimum absolute atomic E-state index is 0.00322. The van der Waals surface area contributed by atoms with Crippen molar-refractivity contribution in [2.45, 2.75) is 83.7 Å². The molecule has 34 heavy (non-hydrogen) atoms. The average molecular weight is 475 g/mol. The fraction of sp³-hybridized carbons (Fsp3) is 0.586. The Bertz CT molecular complexity index is 945. The first-order valence-electron chi connectivity index (χ1n) is 12.9. The predicted octanol–water partition coefficient (Wildman–Crippen LogP) is 8.29. The molecule has 4 rings (SSSR count). The van der Waals surface area contributed by atoms with Gasteiger partial charge in [-0.3, -0.25) is 0 Å². The lowest BCUT2D eigenvalue weighted by Crippen LogP contribution is -2.20. The molecule has 0 amide bonds. The van der Waals surface area contributed by atoms with Crippen molar-refractivity contribution in [1.29, 1.82) is 0 Å². The van der Waals surface area contributed by atoms with Crippen LogP contribution in [0.4, 0.5) is 13.2 Å². The minimum Gasteiger partial charge on any atom is -0.490 e. The Labute approximate surface area is 201 Å². The Balaban J connectivity index is 1.29. The summed E-state index contributed by atoms with van der Waals surface area (Å²) in [5.74, 6) is -0.558. The molecule has 0 bridgehead atoms. The van der Waals surface area contributed by atoms with E-state index in [2.05, 4.69) is 6.92 Å². The number of halogens is 3. The summed E-state index contributed by atoms with van der Waals surface area (Å²) >= 11 is 0. The lowest BCUT2D eigenvalue weighted by molar-refractivity contribution is 0.134. The predicted molar refractivity (Wildman–Crippen MR) is 129 cm³/mol. The van der Waals surface area contributed by atoms with Crippen LogP contribution < -0.4 is 4.74 Å². The topological polar surface area (TPSA) is 18.5 Å². The van der Waals surface area contributed by atoms with E-state index in [0.29, 0.717) is 31.3 Å². The summed E-state index contributed by atoms with van der Waals surface area (Å²) in [5.41, 5.74) is 2.11. The van der Waals surface area contributed by atoms with Crippen LogP contribution in [-0.2, 0) is 11.3 Å². The fourth-order valence-electron chi connectivity index (χ4n) is 5.60. The Morgan fingerprint density at radius 1 is 0.794 bits per heavy atom. The second-order valence-electron chi connectivity index (χ2n) is 10.3. The maximum atomic E-state index is 14.8. The number of benzene rings is 2. The molecule has 2 aliphatic rings. The van der Waals surface area contributed by atoms with Gasteiger partial charge in [0, 0.05) is 6.61 Å². The van der Waals surface area contributed by atoms with Gasteiger partial charge in [-0.1, -0.05) is 38.0 Å². The third kappa shape index (κ3) is 5.97. The summed E-state index contributed by atoms with van der Waals surface area (Å²) < 4.78 is 55.3. The van der Waals surface area contributed by atoms with E-state index in [-0.39, 0.29) is 29.3 Å². The SMILES string of the molecule is CCOCc1ccc(C2CCC(COc3ccc(C4CCC(C)CC4)c(F)c3F)CC2)c(F)c1. The van der Waals surface area contributed by atoms with Crippen LogP contribution in [0.2, 0.25) is 0 Å². The van der Waals surface area contributed by atoms with Gasteiger partial charge in [-0.05, 0) is 97.9 Å². The Morgan fingerprint density at radius 3 is 2.12 bits per heavy atom. The Hall–Kier alpha value is -2.01. The first-order valence-corrected chi connectivity index (χ1v) is 12.9. The fourth-order valence-corrected chi connectivity index (χ4v) is 5.60. The van der Waals surface area contributed by atoms with E-state index in [9.17, 15) is 13.2 Å². The molecule has 2 aromatic rings. The zero-order chi connectivity index (χ0) is 24.1. The van der Waals surface area contributed by atoms with Gasteiger partial charge < -0.3 is 9.47 Å². The smallest absolute Gasteiger partial charge is 0.200 e. The second-order valence-corrected chi connectivity index (χ2v) is 10.3. The van der Waals surface area contributed by atoms with Crippen molar-refractivity contribution in [3.63, 3.8) is 0 Å². The summed E-state index contributed by atoms with van der Waals surface area (Å²) in [6, 6.07) is 8.71. The maximum absolute atomic E-state index is 14.8. The largest absolute Gasteiger partial charge is 0.490 e. The van der Waals surface area contributed by atoms with Crippen LogP contribution in [-0.4, -0.2) is 13.2 Å². The summed E-state index contributed by atoms with van der Waals surface area (Å²) in [7, 11) is 0. The summed E-state index contributed by atoms with van der Waals surface area (Å²) in [4.78, 5) is 0. The normalized spacial score (nSPS) is 25.3. The molecule has 2 fully saturated rings. The van der Waals surface area contributed by atoms with Gasteiger partial charge in [0.2, 0.25) is 5.82 Å². The van der Waals surface area contributed by atoms with Gasteiger partial charge in [0.1, 0.15) is 5.82 Å². The summed E-state index contributed by atoms with van der Waals surface area (Å²) in [5, 5.41) is 0. The van der Waals surface area contributed by atoms with E-state index in [4.69, 9.17) is 9.47 Å². The van der Waals surface area contributed by atoms with Crippen LogP contribution in [0, 0.1) is 29.3 Å². The quantitative estimate of drug-likeness (QED) is 0.383. The molecule has 0 saturated heterocycles. The number of rotatable bonds is 8. The molecular formula is C29H37F3O2. The molecule has 0 radical (unpaired) electrons. The third-order valence-corrected chi connectivity index (χ3v) is 7.83. The molecule has 2 aromatic carbocycles. The van der Waals surface area contributed by atoms with Gasteiger partial charge in [-0.25, -0.2) is 8.78 Å². The summed E-state index contributed by atoms with van der Waals surface area (Å²) in [6.07, 6.45) is 7.45. The zero-order valence-corrected chi connectivity index (χ0v) is 20.4. The molecule has 0 spiro atoms. The monoisotopic (exact) mass is 474 g/mol. The van der Waals surface area contributed by atoms with Crippen molar-refractivity contribution in [2.75, 3.05) is 13.2 Å². The molecule has 0 atom stereocenters. The standard InChI is InChI=1S/C29H37F3O2/c1-3-33-17-21-8-13-24(26(30)16-21)22-11-6-20(7-12-22)18-34-27-15-14-25(28(31)29(27)32)23-9-4-19(2)5-10-23/h8,13-16,19-20,22-23H,3-7,9-12,17-18H2,1-2H3. The molecule has 0 N–H and O–H groups in total. The van der Waals surface area contributed by atoms with Crippen LogP contribution in [0.5, 0.6) is 5.75 Å². The van der Waals surface area contributed by atoms with E-state index in [1.54, 1.807) is 18.2 Å². The third-order valence-electron chi connectivity index (χ3n) is 7.83. The lowest BCUT2D eigenvalue weighted by Gasteiger charge is -2.29. The van der Waals surface area contributed by atoms with E-state index < -0.39 is 11.6 Å². The lowest BCUT2D eigenvalue weighted by atomic mass is 9.78. The molecule has 0 aromatic heterocycles. The van der Waals surface area contributed by atoms with Crippen LogP contribution in [0.15, 0.2) is 30.3 Å². The van der Waals surface area contributed by atoms with Crippen molar-refractivity contribution in [1.82, 2.24) is 0 Å². The first-order chi connectivity index (χ1) is 16.5. The number of hydrogen-bond acceptors (Lipinski definition) is 2. The number of hydrogen-bond donors (Lipinski definition) is 0. The average Bonchev–Trinajstić information content (AvgIpc) is 2.85. The minimum atomic E-state index is -0.862.